The third-order valence-electron chi connectivity index (χ3n) is 3.60. The molecule has 1 amide bonds. The van der Waals surface area contributed by atoms with E-state index in [-0.39, 0.29) is 23.0 Å². The zero-order valence-corrected chi connectivity index (χ0v) is 14.6. The lowest BCUT2D eigenvalue weighted by molar-refractivity contribution is -0.410. The van der Waals surface area contributed by atoms with Crippen molar-refractivity contribution in [3.8, 4) is 12.1 Å². The van der Waals surface area contributed by atoms with E-state index in [1.807, 2.05) is 49.4 Å². The quantitative estimate of drug-likeness (QED) is 0.800. The minimum Gasteiger partial charge on any atom is -0.338 e. The molecule has 0 aliphatic carbocycles. The topological polar surface area (TPSA) is 108 Å². The minimum atomic E-state index is -0.0309. The van der Waals surface area contributed by atoms with Crippen molar-refractivity contribution in [2.45, 2.75) is 18.5 Å². The molecule has 0 saturated heterocycles. The van der Waals surface area contributed by atoms with Gasteiger partial charge in [-0.05, 0) is 18.6 Å². The number of thioether (sulfide) groups is 1. The van der Waals surface area contributed by atoms with Crippen LogP contribution in [0.1, 0.15) is 23.6 Å². The Bertz CT molecular complexity index is 839. The molecular weight excluding hydrogens is 334 g/mol. The number of carbonyl (C=O) groups is 1. The average Bonchev–Trinajstić information content (AvgIpc) is 2.65. The summed E-state index contributed by atoms with van der Waals surface area (Å²) < 4.78 is 0. The molecule has 126 valence electrons. The largest absolute Gasteiger partial charge is 0.338 e. The van der Waals surface area contributed by atoms with Crippen LogP contribution in [0.3, 0.4) is 0 Å². The molecule has 1 aromatic carbocycles. The third kappa shape index (κ3) is 4.72. The van der Waals surface area contributed by atoms with Crippen molar-refractivity contribution in [2.75, 3.05) is 18.0 Å². The number of rotatable bonds is 6. The van der Waals surface area contributed by atoms with Crippen molar-refractivity contribution in [1.29, 1.82) is 10.5 Å². The summed E-state index contributed by atoms with van der Waals surface area (Å²) in [4.78, 5) is 17.1. The van der Waals surface area contributed by atoms with Gasteiger partial charge in [0.25, 0.3) is 5.82 Å². The van der Waals surface area contributed by atoms with Gasteiger partial charge in [-0.1, -0.05) is 42.1 Å². The van der Waals surface area contributed by atoms with Crippen LogP contribution in [0.2, 0.25) is 0 Å². The number of amides is 1. The maximum Gasteiger partial charge on any atom is 0.289 e. The number of nitrogens with two attached hydrogens (primary N) is 1. The fourth-order valence-electron chi connectivity index (χ4n) is 2.24. The number of benzene rings is 1. The van der Waals surface area contributed by atoms with Crippen molar-refractivity contribution in [3.05, 3.63) is 53.1 Å². The normalized spacial score (nSPS) is 9.88. The van der Waals surface area contributed by atoms with Crippen molar-refractivity contribution in [2.24, 2.45) is 0 Å². The second-order valence-electron chi connectivity index (χ2n) is 5.25. The van der Waals surface area contributed by atoms with Gasteiger partial charge in [0, 0.05) is 13.1 Å². The van der Waals surface area contributed by atoms with Crippen LogP contribution in [0.5, 0.6) is 0 Å². The number of nitrogens with zero attached hydrogens (tertiary/aromatic N) is 3. The van der Waals surface area contributed by atoms with Gasteiger partial charge in [-0.3, -0.25) is 10.5 Å². The van der Waals surface area contributed by atoms with E-state index in [0.29, 0.717) is 23.7 Å². The second-order valence-corrected chi connectivity index (χ2v) is 6.23. The molecule has 25 heavy (non-hydrogen) atoms. The van der Waals surface area contributed by atoms with Crippen LogP contribution in [0.15, 0.2) is 41.4 Å². The van der Waals surface area contributed by atoms with E-state index in [0.717, 1.165) is 5.56 Å². The molecule has 0 saturated carbocycles. The predicted octanol–water partition coefficient (Wildman–Crippen LogP) is 1.97. The van der Waals surface area contributed by atoms with Gasteiger partial charge < -0.3 is 4.90 Å². The van der Waals surface area contributed by atoms with Gasteiger partial charge in [-0.25, -0.2) is 4.98 Å². The summed E-state index contributed by atoms with van der Waals surface area (Å²) in [6, 6.07) is 15.2. The van der Waals surface area contributed by atoms with E-state index in [1.165, 1.54) is 17.8 Å². The predicted molar refractivity (Wildman–Crippen MR) is 95.1 cm³/mol. The number of carbonyl (C=O) groups excluding carboxylic acids is 1. The van der Waals surface area contributed by atoms with Crippen LogP contribution in [0, 0.1) is 22.7 Å². The Labute approximate surface area is 150 Å². The third-order valence-corrected chi connectivity index (χ3v) is 4.61. The molecule has 0 fully saturated rings. The van der Waals surface area contributed by atoms with Gasteiger partial charge in [-0.2, -0.15) is 10.5 Å². The zero-order valence-electron chi connectivity index (χ0n) is 13.8. The molecule has 2 rings (SSSR count). The maximum absolute atomic E-state index is 12.5. The summed E-state index contributed by atoms with van der Waals surface area (Å²) in [5.41, 5.74) is 7.33. The van der Waals surface area contributed by atoms with E-state index in [2.05, 4.69) is 4.98 Å². The number of nitriles is 2. The summed E-state index contributed by atoms with van der Waals surface area (Å²) >= 11 is 1.21. The van der Waals surface area contributed by atoms with Crippen molar-refractivity contribution in [1.82, 2.24) is 4.90 Å². The summed E-state index contributed by atoms with van der Waals surface area (Å²) in [5, 5.41) is 18.7. The SMILES string of the molecule is CCN(Cc1ccccc1)C(=O)CSc1[nH+]c(N)c(C#N)cc1C#N. The maximum atomic E-state index is 12.5. The summed E-state index contributed by atoms with van der Waals surface area (Å²) in [6.45, 7) is 3.07. The molecule has 0 aliphatic rings. The van der Waals surface area contributed by atoms with E-state index in [1.54, 1.807) is 4.90 Å². The summed E-state index contributed by atoms with van der Waals surface area (Å²) in [6.07, 6.45) is 0. The first kappa shape index (κ1) is 18.3. The Hall–Kier alpha value is -3.03. The number of nitrogens with one attached hydrogen (secondary N) is 1. The number of hydrogen-bond acceptors (Lipinski definition) is 5. The minimum absolute atomic E-state index is 0.0309. The first-order valence-electron chi connectivity index (χ1n) is 7.69. The van der Waals surface area contributed by atoms with Gasteiger partial charge in [0.1, 0.15) is 23.3 Å². The molecule has 0 spiro atoms. The average molecular weight is 352 g/mol. The van der Waals surface area contributed by atoms with E-state index >= 15 is 0 Å². The van der Waals surface area contributed by atoms with Crippen LogP contribution < -0.4 is 10.7 Å². The molecule has 0 radical (unpaired) electrons. The molecule has 0 atom stereocenters. The van der Waals surface area contributed by atoms with Crippen LogP contribution in [-0.4, -0.2) is 23.1 Å². The molecule has 0 bridgehead atoms. The van der Waals surface area contributed by atoms with Gasteiger partial charge in [-0.15, -0.1) is 0 Å². The standard InChI is InChI=1S/C18H17N5OS/c1-2-23(11-13-6-4-3-5-7-13)16(24)12-25-18-15(10-20)8-14(9-19)17(21)22-18/h3-8H,2,11-12H2,1H3,(H2,21,22)/p+1. The second kappa shape index (κ2) is 8.72. The zero-order chi connectivity index (χ0) is 18.2. The highest BCUT2D eigenvalue weighted by Gasteiger charge is 2.18. The Balaban J connectivity index is 2.07. The number of aromatic nitrogens is 1. The Kier molecular flexibility index (Phi) is 6.39. The van der Waals surface area contributed by atoms with Gasteiger partial charge in [0.2, 0.25) is 5.91 Å². The molecule has 1 heterocycles. The first-order chi connectivity index (χ1) is 12.1. The highest BCUT2D eigenvalue weighted by atomic mass is 32.2. The number of aromatic amines is 1. The molecule has 1 aromatic heterocycles. The Morgan fingerprint density at radius 3 is 2.52 bits per heavy atom. The van der Waals surface area contributed by atoms with Crippen LogP contribution in [0.25, 0.3) is 0 Å². The van der Waals surface area contributed by atoms with E-state index in [9.17, 15) is 10.1 Å². The van der Waals surface area contributed by atoms with E-state index in [4.69, 9.17) is 11.0 Å². The van der Waals surface area contributed by atoms with Crippen LogP contribution in [-0.2, 0) is 11.3 Å². The fraction of sp³-hybridized carbons (Fsp3) is 0.222. The number of nitrogen functional groups attached to an aromatic ring is 1. The highest BCUT2D eigenvalue weighted by Crippen LogP contribution is 2.21. The summed E-state index contributed by atoms with van der Waals surface area (Å²) in [7, 11) is 0. The first-order valence-corrected chi connectivity index (χ1v) is 8.68. The number of anilines is 1. The van der Waals surface area contributed by atoms with E-state index < -0.39 is 0 Å². The molecule has 0 aliphatic heterocycles. The smallest absolute Gasteiger partial charge is 0.289 e. The van der Waals surface area contributed by atoms with Gasteiger partial charge >= 0.3 is 0 Å². The van der Waals surface area contributed by atoms with Crippen molar-refractivity contribution < 1.29 is 9.78 Å². The molecule has 3 N–H and O–H groups in total. The summed E-state index contributed by atoms with van der Waals surface area (Å²) in [5.74, 6) is 0.335. The lowest BCUT2D eigenvalue weighted by atomic mass is 10.2. The molecule has 0 unspecified atom stereocenters. The molecule has 7 heteroatoms. The monoisotopic (exact) mass is 352 g/mol. The number of hydrogen-bond donors (Lipinski definition) is 1. The molecule has 6 nitrogen and oxygen atoms in total. The van der Waals surface area contributed by atoms with Gasteiger partial charge in [0.05, 0.1) is 5.75 Å². The fourth-order valence-corrected chi connectivity index (χ4v) is 3.13. The Morgan fingerprint density at radius 2 is 1.92 bits per heavy atom. The lowest BCUT2D eigenvalue weighted by Crippen LogP contribution is -2.32. The number of pyridine rings is 1. The molecule has 2 aromatic rings. The van der Waals surface area contributed by atoms with Crippen LogP contribution in [0.4, 0.5) is 5.82 Å². The number of H-pyrrole nitrogens is 1. The van der Waals surface area contributed by atoms with Gasteiger partial charge in [0.15, 0.2) is 5.03 Å². The van der Waals surface area contributed by atoms with Crippen molar-refractivity contribution in [3.63, 3.8) is 0 Å². The van der Waals surface area contributed by atoms with Crippen molar-refractivity contribution >= 4 is 23.5 Å². The molecular formula is C18H18N5OS+. The highest BCUT2D eigenvalue weighted by molar-refractivity contribution is 7.99. The lowest BCUT2D eigenvalue weighted by Gasteiger charge is -2.20. The van der Waals surface area contributed by atoms with Crippen LogP contribution >= 0.6 is 11.8 Å². The Morgan fingerprint density at radius 1 is 1.24 bits per heavy atom.